The molecule has 3 rings (SSSR count). The summed E-state index contributed by atoms with van der Waals surface area (Å²) in [6.45, 7) is 15.7. The van der Waals surface area contributed by atoms with Crippen LogP contribution in [0.25, 0.3) is 0 Å². The normalized spacial score (nSPS) is 39.4. The van der Waals surface area contributed by atoms with Crippen LogP contribution in [0.5, 0.6) is 0 Å². The second-order valence-corrected chi connectivity index (χ2v) is 12.5. The summed E-state index contributed by atoms with van der Waals surface area (Å²) in [6.07, 6.45) is 8.03. The molecule has 0 radical (unpaired) electrons. The highest BCUT2D eigenvalue weighted by atomic mass is 32.2. The van der Waals surface area contributed by atoms with Crippen LogP contribution < -0.4 is 0 Å². The monoisotopic (exact) mass is 382 g/mol. The Hall–Kier alpha value is 0.200. The highest BCUT2D eigenvalue weighted by molar-refractivity contribution is 8.22. The molecule has 2 aliphatic carbocycles. The molecule has 25 heavy (non-hydrogen) atoms. The summed E-state index contributed by atoms with van der Waals surface area (Å²) in [7, 11) is 0. The zero-order valence-corrected chi connectivity index (χ0v) is 18.8. The van der Waals surface area contributed by atoms with Gasteiger partial charge in [0.15, 0.2) is 0 Å². The van der Waals surface area contributed by atoms with Crippen LogP contribution in [0.3, 0.4) is 0 Å². The van der Waals surface area contributed by atoms with Crippen LogP contribution in [0.4, 0.5) is 0 Å². The van der Waals surface area contributed by atoms with Crippen LogP contribution in [0.2, 0.25) is 0 Å². The Labute approximate surface area is 165 Å². The lowest BCUT2D eigenvalue weighted by atomic mass is 9.70. The van der Waals surface area contributed by atoms with E-state index in [9.17, 15) is 0 Å². The third-order valence-electron chi connectivity index (χ3n) is 6.61. The predicted octanol–water partition coefficient (Wildman–Crippen LogP) is 5.97. The quantitative estimate of drug-likeness (QED) is 0.543. The van der Waals surface area contributed by atoms with Crippen LogP contribution in [0.15, 0.2) is 0 Å². The summed E-state index contributed by atoms with van der Waals surface area (Å²) in [5.74, 6) is 2.74. The molecule has 0 aromatic heterocycles. The number of thiocarbonyl (C=S) groups is 1. The Balaban J connectivity index is 1.70. The molecule has 4 heteroatoms. The number of rotatable bonds is 2. The highest BCUT2D eigenvalue weighted by Crippen LogP contribution is 2.44. The van der Waals surface area contributed by atoms with Gasteiger partial charge in [0, 0.05) is 12.1 Å². The molecule has 0 amide bonds. The van der Waals surface area contributed by atoms with Gasteiger partial charge in [-0.1, -0.05) is 65.5 Å². The highest BCUT2D eigenvalue weighted by Gasteiger charge is 2.41. The van der Waals surface area contributed by atoms with E-state index in [0.717, 1.165) is 34.7 Å². The molecule has 0 bridgehead atoms. The lowest BCUT2D eigenvalue weighted by Crippen LogP contribution is -2.56. The van der Waals surface area contributed by atoms with Gasteiger partial charge in [-0.2, -0.15) is 0 Å². The van der Waals surface area contributed by atoms with Crippen molar-refractivity contribution >= 4 is 28.3 Å². The molecule has 1 aliphatic heterocycles. The van der Waals surface area contributed by atoms with Gasteiger partial charge in [-0.25, -0.2) is 0 Å². The summed E-state index contributed by atoms with van der Waals surface area (Å²) in [5, 5.41) is 0. The SMILES string of the molecule is C[C@@H]1C[C@@H](N2CSC(=S)N([C@@H]3C[C@H](C)CC(C)(C)C3)C2)CC(C)(C)C1. The van der Waals surface area contributed by atoms with Crippen molar-refractivity contribution in [2.24, 2.45) is 22.7 Å². The number of hydrogen-bond donors (Lipinski definition) is 0. The number of thioether (sulfide) groups is 1. The van der Waals surface area contributed by atoms with Crippen molar-refractivity contribution < 1.29 is 0 Å². The van der Waals surface area contributed by atoms with Gasteiger partial charge in [0.25, 0.3) is 0 Å². The van der Waals surface area contributed by atoms with Crippen LogP contribution in [0, 0.1) is 22.7 Å². The molecule has 0 aromatic carbocycles. The zero-order chi connectivity index (χ0) is 18.4. The topological polar surface area (TPSA) is 6.48 Å². The summed E-state index contributed by atoms with van der Waals surface area (Å²) < 4.78 is 1.15. The van der Waals surface area contributed by atoms with Crippen molar-refractivity contribution in [3.63, 3.8) is 0 Å². The molecular formula is C21H38N2S2. The minimum Gasteiger partial charge on any atom is -0.341 e. The average Bonchev–Trinajstić information content (AvgIpc) is 2.43. The summed E-state index contributed by atoms with van der Waals surface area (Å²) >= 11 is 7.71. The van der Waals surface area contributed by atoms with Gasteiger partial charge in [-0.05, 0) is 61.2 Å². The maximum absolute atomic E-state index is 5.81. The van der Waals surface area contributed by atoms with Crippen LogP contribution >= 0.6 is 24.0 Å². The average molecular weight is 383 g/mol. The van der Waals surface area contributed by atoms with Crippen molar-refractivity contribution in [2.75, 3.05) is 12.5 Å². The van der Waals surface area contributed by atoms with E-state index in [2.05, 4.69) is 51.3 Å². The van der Waals surface area contributed by atoms with Gasteiger partial charge in [0.05, 0.1) is 12.5 Å². The van der Waals surface area contributed by atoms with Crippen molar-refractivity contribution in [3.8, 4) is 0 Å². The molecule has 0 aromatic rings. The van der Waals surface area contributed by atoms with Gasteiger partial charge >= 0.3 is 0 Å². The molecule has 1 heterocycles. The lowest BCUT2D eigenvalue weighted by molar-refractivity contribution is 0.0281. The Bertz CT molecular complexity index is 502. The molecule has 0 spiro atoms. The predicted molar refractivity (Wildman–Crippen MR) is 115 cm³/mol. The first-order chi connectivity index (χ1) is 11.5. The zero-order valence-electron chi connectivity index (χ0n) is 17.2. The van der Waals surface area contributed by atoms with Crippen LogP contribution in [0.1, 0.15) is 80.1 Å². The number of hydrogen-bond acceptors (Lipinski definition) is 3. The van der Waals surface area contributed by atoms with Gasteiger partial charge in [0.2, 0.25) is 0 Å². The minimum atomic E-state index is 0.451. The fraction of sp³-hybridized carbons (Fsp3) is 0.952. The largest absolute Gasteiger partial charge is 0.341 e. The fourth-order valence-corrected chi connectivity index (χ4v) is 7.41. The van der Waals surface area contributed by atoms with Crippen molar-refractivity contribution in [1.82, 2.24) is 9.80 Å². The molecular weight excluding hydrogens is 344 g/mol. The summed E-state index contributed by atoms with van der Waals surface area (Å²) in [4.78, 5) is 5.33. The van der Waals surface area contributed by atoms with E-state index in [0.29, 0.717) is 16.9 Å². The molecule has 1 saturated heterocycles. The first-order valence-electron chi connectivity index (χ1n) is 10.2. The molecule has 0 unspecified atom stereocenters. The molecule has 2 saturated carbocycles. The maximum atomic E-state index is 5.81. The van der Waals surface area contributed by atoms with E-state index in [1.165, 1.54) is 38.5 Å². The smallest absolute Gasteiger partial charge is 0.138 e. The molecule has 3 aliphatic rings. The summed E-state index contributed by atoms with van der Waals surface area (Å²) in [5.41, 5.74) is 0.934. The summed E-state index contributed by atoms with van der Waals surface area (Å²) in [6, 6.07) is 1.36. The Morgan fingerprint density at radius 1 is 0.880 bits per heavy atom. The lowest BCUT2D eigenvalue weighted by Gasteiger charge is -2.51. The Kier molecular flexibility index (Phi) is 5.84. The van der Waals surface area contributed by atoms with Gasteiger partial charge in [0.1, 0.15) is 4.32 Å². The second kappa shape index (κ2) is 7.31. The fourth-order valence-electron chi connectivity index (χ4n) is 6.11. The van der Waals surface area contributed by atoms with Gasteiger partial charge in [-0.3, -0.25) is 4.90 Å². The third-order valence-corrected chi connectivity index (χ3v) is 8.14. The minimum absolute atomic E-state index is 0.451. The standard InChI is InChI=1S/C21H38N2S2/c1-15-7-17(11-20(3,4)9-15)22-13-23(19(24)25-14-22)18-8-16(2)10-21(5,6)12-18/h15-18H,7-14H2,1-6H3/t15-,16+,17-,18-/m1/s1. The van der Waals surface area contributed by atoms with E-state index in [-0.39, 0.29) is 0 Å². The van der Waals surface area contributed by atoms with Crippen molar-refractivity contribution in [1.29, 1.82) is 0 Å². The maximum Gasteiger partial charge on any atom is 0.138 e. The van der Waals surface area contributed by atoms with Crippen LogP contribution in [-0.4, -0.2) is 38.7 Å². The first kappa shape index (κ1) is 19.9. The van der Waals surface area contributed by atoms with E-state index in [1.807, 2.05) is 11.8 Å². The molecule has 144 valence electrons. The molecule has 2 nitrogen and oxygen atoms in total. The van der Waals surface area contributed by atoms with Crippen molar-refractivity contribution in [2.45, 2.75) is 92.2 Å². The van der Waals surface area contributed by atoms with E-state index < -0.39 is 0 Å². The van der Waals surface area contributed by atoms with Gasteiger partial charge < -0.3 is 4.90 Å². The number of nitrogens with zero attached hydrogens (tertiary/aromatic N) is 2. The first-order valence-corrected chi connectivity index (χ1v) is 11.6. The van der Waals surface area contributed by atoms with E-state index in [4.69, 9.17) is 12.2 Å². The molecule has 0 N–H and O–H groups in total. The molecule has 4 atom stereocenters. The third kappa shape index (κ3) is 4.93. The Morgan fingerprint density at radius 2 is 1.40 bits per heavy atom. The Morgan fingerprint density at radius 3 is 1.96 bits per heavy atom. The van der Waals surface area contributed by atoms with Crippen LogP contribution in [-0.2, 0) is 0 Å². The van der Waals surface area contributed by atoms with E-state index >= 15 is 0 Å². The van der Waals surface area contributed by atoms with E-state index in [1.54, 1.807) is 0 Å². The molecule has 3 fully saturated rings. The van der Waals surface area contributed by atoms with Crippen molar-refractivity contribution in [3.05, 3.63) is 0 Å². The van der Waals surface area contributed by atoms with Gasteiger partial charge in [-0.15, -0.1) is 0 Å². The second-order valence-electron chi connectivity index (χ2n) is 10.9.